The third-order valence-electron chi connectivity index (χ3n) is 6.88. The number of rotatable bonds is 9. The number of carboxylic acid groups (broad SMARTS) is 1. The quantitative estimate of drug-likeness (QED) is 0.254. The molecule has 202 valence electrons. The van der Waals surface area contributed by atoms with Gasteiger partial charge in [-0.2, -0.15) is 0 Å². The first-order chi connectivity index (χ1) is 18.8. The highest BCUT2D eigenvalue weighted by atomic mass is 16.5. The molecule has 0 saturated heterocycles. The second-order valence-corrected chi connectivity index (χ2v) is 10.1. The SMILES string of the molecule is COc1ccc(C2NC(C(=O)O)Cc3c2[nH]c2ccccc32)cc1COc1ccc(C(=O)OCC(C)C)cc1. The van der Waals surface area contributed by atoms with Crippen molar-refractivity contribution in [2.75, 3.05) is 13.7 Å². The summed E-state index contributed by atoms with van der Waals surface area (Å²) >= 11 is 0. The highest BCUT2D eigenvalue weighted by Gasteiger charge is 2.34. The Balaban J connectivity index is 1.38. The van der Waals surface area contributed by atoms with E-state index in [1.165, 1.54) is 0 Å². The molecule has 4 aromatic rings. The lowest BCUT2D eigenvalue weighted by Gasteiger charge is -2.30. The van der Waals surface area contributed by atoms with E-state index in [1.807, 2.05) is 56.3 Å². The molecule has 2 heterocycles. The van der Waals surface area contributed by atoms with Gasteiger partial charge in [-0.25, -0.2) is 4.79 Å². The maximum Gasteiger partial charge on any atom is 0.338 e. The zero-order valence-electron chi connectivity index (χ0n) is 22.2. The van der Waals surface area contributed by atoms with E-state index < -0.39 is 12.0 Å². The monoisotopic (exact) mass is 528 g/mol. The molecule has 3 N–H and O–H groups in total. The Kier molecular flexibility index (Phi) is 7.56. The smallest absolute Gasteiger partial charge is 0.338 e. The summed E-state index contributed by atoms with van der Waals surface area (Å²) in [5, 5.41) is 14.2. The Bertz CT molecular complexity index is 1490. The number of hydrogen-bond donors (Lipinski definition) is 3. The van der Waals surface area contributed by atoms with E-state index in [4.69, 9.17) is 14.2 Å². The fourth-order valence-corrected chi connectivity index (χ4v) is 4.92. The van der Waals surface area contributed by atoms with Crippen molar-refractivity contribution in [3.8, 4) is 11.5 Å². The van der Waals surface area contributed by atoms with Crippen molar-refractivity contribution in [1.82, 2.24) is 10.3 Å². The summed E-state index contributed by atoms with van der Waals surface area (Å²) in [6, 6.07) is 19.5. The number of para-hydroxylation sites is 1. The normalized spacial score (nSPS) is 16.6. The number of benzene rings is 3. The molecule has 8 nitrogen and oxygen atoms in total. The van der Waals surface area contributed by atoms with Crippen molar-refractivity contribution >= 4 is 22.8 Å². The average molecular weight is 529 g/mol. The van der Waals surface area contributed by atoms with E-state index in [1.54, 1.807) is 31.4 Å². The van der Waals surface area contributed by atoms with Crippen LogP contribution in [-0.4, -0.2) is 41.8 Å². The van der Waals surface area contributed by atoms with Crippen LogP contribution in [0.25, 0.3) is 10.9 Å². The van der Waals surface area contributed by atoms with Gasteiger partial charge in [-0.3, -0.25) is 10.1 Å². The summed E-state index contributed by atoms with van der Waals surface area (Å²) in [5.74, 6) is 0.284. The van der Waals surface area contributed by atoms with Crippen molar-refractivity contribution in [1.29, 1.82) is 0 Å². The molecule has 0 radical (unpaired) electrons. The van der Waals surface area contributed by atoms with Crippen molar-refractivity contribution in [2.24, 2.45) is 5.92 Å². The number of esters is 1. The first-order valence-corrected chi connectivity index (χ1v) is 13.0. The molecule has 39 heavy (non-hydrogen) atoms. The van der Waals surface area contributed by atoms with Crippen molar-refractivity contribution < 1.29 is 28.9 Å². The molecule has 0 bridgehead atoms. The van der Waals surface area contributed by atoms with Gasteiger partial charge < -0.3 is 24.3 Å². The Morgan fingerprint density at radius 3 is 2.54 bits per heavy atom. The van der Waals surface area contributed by atoms with Crippen LogP contribution in [0.4, 0.5) is 0 Å². The van der Waals surface area contributed by atoms with Gasteiger partial charge in [0, 0.05) is 28.6 Å². The van der Waals surface area contributed by atoms with Gasteiger partial charge in [-0.05, 0) is 59.5 Å². The molecule has 1 aromatic heterocycles. The average Bonchev–Trinajstić information content (AvgIpc) is 3.33. The second kappa shape index (κ2) is 11.2. The largest absolute Gasteiger partial charge is 0.496 e. The molecule has 5 rings (SSSR count). The minimum Gasteiger partial charge on any atom is -0.496 e. The molecule has 0 amide bonds. The lowest BCUT2D eigenvalue weighted by molar-refractivity contribution is -0.139. The fraction of sp³-hybridized carbons (Fsp3) is 0.290. The van der Waals surface area contributed by atoms with Crippen LogP contribution in [0.15, 0.2) is 66.7 Å². The third kappa shape index (κ3) is 5.61. The summed E-state index contributed by atoms with van der Waals surface area (Å²) in [7, 11) is 1.60. The summed E-state index contributed by atoms with van der Waals surface area (Å²) in [6.07, 6.45) is 0.401. The van der Waals surface area contributed by atoms with Crippen LogP contribution in [0.3, 0.4) is 0 Å². The standard InChI is InChI=1S/C31H32N2O6/c1-18(2)16-39-31(36)19-8-11-22(12-9-19)38-17-21-14-20(10-13-27(21)37-3)28-29-24(15-26(33-28)30(34)35)23-6-4-5-7-25(23)32-29/h4-14,18,26,28,32-33H,15-17H2,1-3H3,(H,34,35). The van der Waals surface area contributed by atoms with E-state index in [-0.39, 0.29) is 24.5 Å². The first-order valence-electron chi connectivity index (χ1n) is 13.0. The molecule has 0 fully saturated rings. The number of methoxy groups -OCH3 is 1. The van der Waals surface area contributed by atoms with Crippen LogP contribution >= 0.6 is 0 Å². The molecule has 1 aliphatic heterocycles. The molecule has 2 atom stereocenters. The van der Waals surface area contributed by atoms with Gasteiger partial charge in [0.1, 0.15) is 24.1 Å². The number of aliphatic carboxylic acids is 1. The number of carbonyl (C=O) groups is 2. The highest BCUT2D eigenvalue weighted by molar-refractivity contribution is 5.89. The predicted molar refractivity (Wildman–Crippen MR) is 147 cm³/mol. The second-order valence-electron chi connectivity index (χ2n) is 10.1. The van der Waals surface area contributed by atoms with E-state index in [9.17, 15) is 14.7 Å². The maximum absolute atomic E-state index is 12.2. The first kappa shape index (κ1) is 26.3. The van der Waals surface area contributed by atoms with E-state index in [2.05, 4.69) is 10.3 Å². The van der Waals surface area contributed by atoms with Crippen LogP contribution in [-0.2, 0) is 22.6 Å². The van der Waals surface area contributed by atoms with Gasteiger partial charge in [-0.1, -0.05) is 38.1 Å². The van der Waals surface area contributed by atoms with Gasteiger partial charge >= 0.3 is 11.9 Å². The zero-order chi connectivity index (χ0) is 27.5. The Morgan fingerprint density at radius 1 is 1.05 bits per heavy atom. The van der Waals surface area contributed by atoms with Crippen LogP contribution in [0.5, 0.6) is 11.5 Å². The molecule has 0 aliphatic carbocycles. The number of carboxylic acids is 1. The predicted octanol–water partition coefficient (Wildman–Crippen LogP) is 5.26. The van der Waals surface area contributed by atoms with Crippen LogP contribution in [0.1, 0.15) is 52.6 Å². The van der Waals surface area contributed by atoms with Gasteiger partial charge in [0.15, 0.2) is 0 Å². The number of fused-ring (bicyclic) bond motifs is 3. The summed E-state index contributed by atoms with van der Waals surface area (Å²) in [6.45, 7) is 4.57. The molecule has 0 saturated carbocycles. The maximum atomic E-state index is 12.2. The molecule has 8 heteroatoms. The Labute approximate surface area is 226 Å². The van der Waals surface area contributed by atoms with Gasteiger partial charge in [-0.15, -0.1) is 0 Å². The molecule has 2 unspecified atom stereocenters. The van der Waals surface area contributed by atoms with Gasteiger partial charge in [0.05, 0.1) is 25.3 Å². The number of nitrogens with one attached hydrogen (secondary N) is 2. The number of H-pyrrole nitrogens is 1. The molecular weight excluding hydrogens is 496 g/mol. The summed E-state index contributed by atoms with van der Waals surface area (Å²) in [4.78, 5) is 27.7. The Hall–Kier alpha value is -4.30. The van der Waals surface area contributed by atoms with Gasteiger partial charge in [0.2, 0.25) is 0 Å². The number of ether oxygens (including phenoxy) is 3. The minimum atomic E-state index is -0.885. The lowest BCUT2D eigenvalue weighted by atomic mass is 9.89. The third-order valence-corrected chi connectivity index (χ3v) is 6.88. The van der Waals surface area contributed by atoms with Crippen molar-refractivity contribution in [2.45, 2.75) is 39.0 Å². The summed E-state index contributed by atoms with van der Waals surface area (Å²) in [5.41, 5.74) is 5.14. The van der Waals surface area contributed by atoms with E-state index in [0.29, 0.717) is 30.1 Å². The fourth-order valence-electron chi connectivity index (χ4n) is 4.92. The lowest BCUT2D eigenvalue weighted by Crippen LogP contribution is -2.45. The van der Waals surface area contributed by atoms with Crippen molar-refractivity contribution in [3.05, 3.63) is 94.7 Å². The van der Waals surface area contributed by atoms with Crippen LogP contribution in [0, 0.1) is 5.92 Å². The number of aromatic nitrogens is 1. The van der Waals surface area contributed by atoms with E-state index in [0.717, 1.165) is 33.3 Å². The number of carbonyl (C=O) groups excluding carboxylic acids is 1. The van der Waals surface area contributed by atoms with Crippen LogP contribution in [0.2, 0.25) is 0 Å². The molecular formula is C31H32N2O6. The van der Waals surface area contributed by atoms with Crippen molar-refractivity contribution in [3.63, 3.8) is 0 Å². The van der Waals surface area contributed by atoms with E-state index >= 15 is 0 Å². The molecule has 1 aliphatic rings. The number of hydrogen-bond acceptors (Lipinski definition) is 6. The Morgan fingerprint density at radius 2 is 1.82 bits per heavy atom. The molecule has 3 aromatic carbocycles. The number of aromatic amines is 1. The minimum absolute atomic E-state index is 0.225. The highest BCUT2D eigenvalue weighted by Crippen LogP contribution is 2.36. The topological polar surface area (TPSA) is 110 Å². The van der Waals surface area contributed by atoms with Gasteiger partial charge in [0.25, 0.3) is 0 Å². The zero-order valence-corrected chi connectivity index (χ0v) is 22.2. The summed E-state index contributed by atoms with van der Waals surface area (Å²) < 4.78 is 16.9. The molecule has 0 spiro atoms. The van der Waals surface area contributed by atoms with Crippen LogP contribution < -0.4 is 14.8 Å².